The normalized spacial score (nSPS) is 11.9. The van der Waals surface area contributed by atoms with E-state index in [0.717, 1.165) is 34.5 Å². The molecule has 0 spiro atoms. The number of para-hydroxylation sites is 1. The van der Waals surface area contributed by atoms with Gasteiger partial charge in [-0.25, -0.2) is 4.79 Å². The summed E-state index contributed by atoms with van der Waals surface area (Å²) in [6, 6.07) is 7.69. The fourth-order valence-electron chi connectivity index (χ4n) is 2.65. The number of carbonyl (C=O) groups is 2. The molecule has 1 atom stereocenters. The molecule has 4 nitrogen and oxygen atoms in total. The Labute approximate surface area is 153 Å². The summed E-state index contributed by atoms with van der Waals surface area (Å²) in [6.45, 7) is 9.57. The van der Waals surface area contributed by atoms with Crippen LogP contribution in [0.25, 0.3) is 0 Å². The van der Waals surface area contributed by atoms with E-state index in [1.807, 2.05) is 45.0 Å². The van der Waals surface area contributed by atoms with E-state index in [-0.39, 0.29) is 5.91 Å². The predicted octanol–water partition coefficient (Wildman–Crippen LogP) is 4.81. The van der Waals surface area contributed by atoms with Gasteiger partial charge in [0.1, 0.15) is 4.88 Å². The maximum atomic E-state index is 12.4. The molecule has 1 aromatic heterocycles. The second-order valence-electron chi connectivity index (χ2n) is 6.25. The summed E-state index contributed by atoms with van der Waals surface area (Å²) < 4.78 is 5.36. The maximum Gasteiger partial charge on any atom is 0.349 e. The maximum absolute atomic E-state index is 12.4. The van der Waals surface area contributed by atoms with Crippen LogP contribution in [0, 0.1) is 20.8 Å². The molecule has 0 aliphatic heterocycles. The zero-order valence-electron chi connectivity index (χ0n) is 15.4. The number of rotatable bonds is 6. The van der Waals surface area contributed by atoms with Crippen molar-refractivity contribution in [1.29, 1.82) is 0 Å². The number of carbonyl (C=O) groups excluding carboxylic acids is 2. The minimum absolute atomic E-state index is 0.326. The Kier molecular flexibility index (Phi) is 6.37. The first-order valence-corrected chi connectivity index (χ1v) is 9.32. The summed E-state index contributed by atoms with van der Waals surface area (Å²) in [5.41, 5.74) is 3.90. The summed E-state index contributed by atoms with van der Waals surface area (Å²) >= 11 is 1.42. The monoisotopic (exact) mass is 359 g/mol. The van der Waals surface area contributed by atoms with Crippen molar-refractivity contribution < 1.29 is 14.3 Å². The molecule has 0 radical (unpaired) electrons. The van der Waals surface area contributed by atoms with E-state index in [0.29, 0.717) is 4.88 Å². The van der Waals surface area contributed by atoms with Crippen LogP contribution in [-0.2, 0) is 16.0 Å². The Morgan fingerprint density at radius 2 is 1.84 bits per heavy atom. The Morgan fingerprint density at radius 3 is 2.44 bits per heavy atom. The summed E-state index contributed by atoms with van der Waals surface area (Å²) in [5.74, 6) is -0.771. The number of esters is 1. The van der Waals surface area contributed by atoms with E-state index < -0.39 is 12.1 Å². The smallest absolute Gasteiger partial charge is 0.349 e. The van der Waals surface area contributed by atoms with Gasteiger partial charge in [-0.15, -0.1) is 11.3 Å². The van der Waals surface area contributed by atoms with E-state index in [2.05, 4.69) is 12.2 Å². The molecule has 0 saturated carbocycles. The zero-order valence-corrected chi connectivity index (χ0v) is 16.3. The molecule has 25 heavy (non-hydrogen) atoms. The second kappa shape index (κ2) is 8.30. The second-order valence-corrected chi connectivity index (χ2v) is 7.50. The van der Waals surface area contributed by atoms with Gasteiger partial charge in [0, 0.05) is 10.6 Å². The van der Waals surface area contributed by atoms with Gasteiger partial charge in [-0.3, -0.25) is 4.79 Å². The number of ether oxygens (including phenoxy) is 1. The largest absolute Gasteiger partial charge is 0.448 e. The average molecular weight is 359 g/mol. The van der Waals surface area contributed by atoms with Crippen molar-refractivity contribution >= 4 is 28.9 Å². The molecule has 0 unspecified atom stereocenters. The fourth-order valence-corrected chi connectivity index (χ4v) is 3.60. The first-order valence-electron chi connectivity index (χ1n) is 8.50. The molecule has 1 N–H and O–H groups in total. The van der Waals surface area contributed by atoms with Gasteiger partial charge >= 0.3 is 5.97 Å². The van der Waals surface area contributed by atoms with E-state index in [1.165, 1.54) is 16.9 Å². The number of amides is 1. The molecule has 5 heteroatoms. The number of nitrogens with one attached hydrogen (secondary N) is 1. The zero-order chi connectivity index (χ0) is 18.6. The van der Waals surface area contributed by atoms with Gasteiger partial charge in [-0.1, -0.05) is 31.5 Å². The predicted molar refractivity (Wildman–Crippen MR) is 102 cm³/mol. The Hall–Kier alpha value is -2.14. The van der Waals surface area contributed by atoms with E-state index >= 15 is 0 Å². The average Bonchev–Trinajstić information content (AvgIpc) is 2.92. The minimum Gasteiger partial charge on any atom is -0.448 e. The molecular weight excluding hydrogens is 334 g/mol. The van der Waals surface area contributed by atoms with Gasteiger partial charge in [0.15, 0.2) is 6.10 Å². The molecular formula is C20H25NO3S. The van der Waals surface area contributed by atoms with E-state index in [9.17, 15) is 9.59 Å². The van der Waals surface area contributed by atoms with E-state index in [1.54, 1.807) is 6.92 Å². The third-order valence-electron chi connectivity index (χ3n) is 4.12. The van der Waals surface area contributed by atoms with Crippen LogP contribution in [-0.4, -0.2) is 18.0 Å². The van der Waals surface area contributed by atoms with E-state index in [4.69, 9.17) is 4.74 Å². The summed E-state index contributed by atoms with van der Waals surface area (Å²) in [7, 11) is 0. The van der Waals surface area contributed by atoms with Crippen molar-refractivity contribution in [3.8, 4) is 0 Å². The van der Waals surface area contributed by atoms with Crippen LogP contribution in [0.4, 0.5) is 5.69 Å². The summed E-state index contributed by atoms with van der Waals surface area (Å²) in [6.07, 6.45) is 1.11. The lowest BCUT2D eigenvalue weighted by atomic mass is 10.1. The van der Waals surface area contributed by atoms with Crippen LogP contribution in [0.3, 0.4) is 0 Å². The SMILES string of the molecule is CCCc1cc(C(=O)O[C@H](C)C(=O)Nc2c(C)cccc2C)sc1C. The molecule has 1 heterocycles. The quantitative estimate of drug-likeness (QED) is 0.753. The van der Waals surface area contributed by atoms with Gasteiger partial charge in [-0.05, 0) is 56.9 Å². The van der Waals surface area contributed by atoms with Crippen LogP contribution in [0.15, 0.2) is 24.3 Å². The topological polar surface area (TPSA) is 55.4 Å². The van der Waals surface area contributed by atoms with Crippen LogP contribution >= 0.6 is 11.3 Å². The summed E-state index contributed by atoms with van der Waals surface area (Å²) in [4.78, 5) is 26.4. The van der Waals surface area contributed by atoms with Crippen molar-refractivity contribution in [3.05, 3.63) is 50.7 Å². The number of hydrogen-bond donors (Lipinski definition) is 1. The molecule has 0 aliphatic carbocycles. The van der Waals surface area contributed by atoms with Gasteiger partial charge < -0.3 is 10.1 Å². The highest BCUT2D eigenvalue weighted by molar-refractivity contribution is 7.14. The Balaban J connectivity index is 2.03. The van der Waals surface area contributed by atoms with Crippen LogP contribution in [0.1, 0.15) is 51.5 Å². The minimum atomic E-state index is -0.858. The third kappa shape index (κ3) is 4.69. The van der Waals surface area contributed by atoms with Crippen LogP contribution in [0.2, 0.25) is 0 Å². The van der Waals surface area contributed by atoms with Crippen molar-refractivity contribution in [1.82, 2.24) is 0 Å². The highest BCUT2D eigenvalue weighted by atomic mass is 32.1. The van der Waals surface area contributed by atoms with Crippen LogP contribution < -0.4 is 5.32 Å². The van der Waals surface area contributed by atoms with Gasteiger partial charge in [0.2, 0.25) is 0 Å². The van der Waals surface area contributed by atoms with Crippen molar-refractivity contribution in [3.63, 3.8) is 0 Å². The van der Waals surface area contributed by atoms with Gasteiger partial charge in [0.05, 0.1) is 0 Å². The molecule has 1 aromatic carbocycles. The molecule has 0 fully saturated rings. The number of thiophene rings is 1. The van der Waals surface area contributed by atoms with Gasteiger partial charge in [0.25, 0.3) is 5.91 Å². The summed E-state index contributed by atoms with van der Waals surface area (Å²) in [5, 5.41) is 2.86. The lowest BCUT2D eigenvalue weighted by molar-refractivity contribution is -0.123. The van der Waals surface area contributed by atoms with Crippen molar-refractivity contribution in [2.24, 2.45) is 0 Å². The van der Waals surface area contributed by atoms with Gasteiger partial charge in [-0.2, -0.15) is 0 Å². The molecule has 0 aliphatic rings. The molecule has 2 rings (SSSR count). The highest BCUT2D eigenvalue weighted by Crippen LogP contribution is 2.24. The number of aryl methyl sites for hydroxylation is 4. The first-order chi connectivity index (χ1) is 11.8. The fraction of sp³-hybridized carbons (Fsp3) is 0.400. The molecule has 2 aromatic rings. The first kappa shape index (κ1) is 19.2. The van der Waals surface area contributed by atoms with Crippen molar-refractivity contribution in [2.75, 3.05) is 5.32 Å². The third-order valence-corrected chi connectivity index (χ3v) is 5.20. The highest BCUT2D eigenvalue weighted by Gasteiger charge is 2.21. The molecule has 0 saturated heterocycles. The van der Waals surface area contributed by atoms with Crippen molar-refractivity contribution in [2.45, 2.75) is 53.6 Å². The molecule has 0 bridgehead atoms. The number of anilines is 1. The van der Waals surface area contributed by atoms with Crippen LogP contribution in [0.5, 0.6) is 0 Å². The Bertz CT molecular complexity index is 759. The molecule has 1 amide bonds. The lowest BCUT2D eigenvalue weighted by Gasteiger charge is -2.15. The number of hydrogen-bond acceptors (Lipinski definition) is 4. The standard InChI is InChI=1S/C20H25NO3S/c1-6-8-16-11-17(25-15(16)5)20(23)24-14(4)19(22)21-18-12(2)9-7-10-13(18)3/h7,9-11,14H,6,8H2,1-5H3,(H,21,22)/t14-/m1/s1. The number of benzene rings is 1. The lowest BCUT2D eigenvalue weighted by Crippen LogP contribution is -2.30. The Morgan fingerprint density at radius 1 is 1.20 bits per heavy atom. The molecule has 134 valence electrons.